The van der Waals surface area contributed by atoms with Crippen LogP contribution in [0.3, 0.4) is 0 Å². The second-order valence-electron chi connectivity index (χ2n) is 17.9. The summed E-state index contributed by atoms with van der Waals surface area (Å²) in [6.07, 6.45) is 0.562. The topological polar surface area (TPSA) is 56.7 Å². The quantitative estimate of drug-likeness (QED) is 0.107. The number of benzene rings is 5. The summed E-state index contributed by atoms with van der Waals surface area (Å²) in [6.45, 7) is 15.0. The molecule has 0 saturated heterocycles. The van der Waals surface area contributed by atoms with E-state index in [2.05, 4.69) is 144 Å². The molecule has 5 nitrogen and oxygen atoms in total. The summed E-state index contributed by atoms with van der Waals surface area (Å²) < 4.78 is 27.1. The Kier molecular flexibility index (Phi) is 12.7. The Balaban J connectivity index is 0.000000227. The van der Waals surface area contributed by atoms with Crippen molar-refractivity contribution in [2.45, 2.75) is 83.9 Å². The molecule has 0 aliphatic carbocycles. The van der Waals surface area contributed by atoms with Gasteiger partial charge in [-0.15, -0.1) is 18.2 Å². The van der Waals surface area contributed by atoms with E-state index in [-0.39, 0.29) is 26.0 Å². The van der Waals surface area contributed by atoms with Crippen molar-refractivity contribution in [3.8, 4) is 39.5 Å². The average Bonchev–Trinajstić information content (AvgIpc) is 3.84. The summed E-state index contributed by atoms with van der Waals surface area (Å²) in [7, 11) is 0. The van der Waals surface area contributed by atoms with E-state index < -0.39 is 19.6 Å². The van der Waals surface area contributed by atoms with Crippen molar-refractivity contribution in [1.82, 2.24) is 19.5 Å². The van der Waals surface area contributed by atoms with Gasteiger partial charge >= 0.3 is 128 Å². The third kappa shape index (κ3) is 9.15. The minimum atomic E-state index is -2.20. The summed E-state index contributed by atoms with van der Waals surface area (Å²) in [5.74, 6) is 8.17. The summed E-state index contributed by atoms with van der Waals surface area (Å²) in [4.78, 5) is 14.5. The molecule has 0 aliphatic rings. The zero-order valence-corrected chi connectivity index (χ0v) is 41.9. The number of pyridine rings is 2. The molecule has 0 unspecified atom stereocenters. The molecule has 0 bridgehead atoms. The van der Waals surface area contributed by atoms with Crippen molar-refractivity contribution in [3.05, 3.63) is 162 Å². The summed E-state index contributed by atoms with van der Waals surface area (Å²) in [5.41, 5.74) is 13.9. The van der Waals surface area contributed by atoms with Crippen molar-refractivity contribution in [1.29, 1.82) is 0 Å². The summed E-state index contributed by atoms with van der Waals surface area (Å²) in [6, 6.07) is 48.3. The number of aromatic nitrogens is 4. The molecule has 0 saturated carbocycles. The molecule has 0 atom stereocenters. The molecule has 7 heteroatoms. The molecule has 0 amide bonds. The molecule has 0 N–H and O–H groups in total. The maximum atomic E-state index is 8.56. The van der Waals surface area contributed by atoms with Crippen LogP contribution in [0.2, 0.25) is 17.3 Å². The predicted octanol–water partition coefficient (Wildman–Crippen LogP) is 14.3. The third-order valence-corrected chi connectivity index (χ3v) is 15.3. The minimum absolute atomic E-state index is 0. The van der Waals surface area contributed by atoms with Gasteiger partial charge in [0.2, 0.25) is 5.71 Å². The number of rotatable bonds is 9. The predicted molar refractivity (Wildman–Crippen MR) is 259 cm³/mol. The fraction of sp³-hybridized carbons (Fsp3) is 0.255. The minimum Gasteiger partial charge on any atom is 0 e. The Hall–Kier alpha value is -5.14. The van der Waals surface area contributed by atoms with Crippen LogP contribution in [0.1, 0.15) is 78.5 Å². The van der Waals surface area contributed by atoms with Crippen LogP contribution in [0, 0.1) is 25.0 Å². The van der Waals surface area contributed by atoms with Crippen molar-refractivity contribution in [2.24, 2.45) is 5.92 Å². The van der Waals surface area contributed by atoms with E-state index >= 15 is 0 Å². The zero-order valence-electron chi connectivity index (χ0n) is 39.4. The largest absolute Gasteiger partial charge is 0 e. The molecule has 5 aromatic carbocycles. The molecular formula is C55H56GeIrN4O-2. The van der Waals surface area contributed by atoms with Gasteiger partial charge in [0.1, 0.15) is 0 Å². The van der Waals surface area contributed by atoms with E-state index in [0.717, 1.165) is 65.7 Å². The van der Waals surface area contributed by atoms with Gasteiger partial charge in [-0.3, -0.25) is 4.98 Å². The fourth-order valence-corrected chi connectivity index (χ4v) is 11.0. The third-order valence-electron chi connectivity index (χ3n) is 11.1. The van der Waals surface area contributed by atoms with Gasteiger partial charge in [-0.2, -0.15) is 0 Å². The van der Waals surface area contributed by atoms with Gasteiger partial charge in [0.25, 0.3) is 0 Å². The Morgan fingerprint density at radius 1 is 0.726 bits per heavy atom. The van der Waals surface area contributed by atoms with E-state index in [9.17, 15) is 0 Å². The van der Waals surface area contributed by atoms with Crippen molar-refractivity contribution < 1.29 is 27.3 Å². The van der Waals surface area contributed by atoms with Gasteiger partial charge in [0, 0.05) is 36.9 Å². The number of hydrogen-bond acceptors (Lipinski definition) is 4. The Morgan fingerprint density at radius 2 is 1.42 bits per heavy atom. The number of fused-ring (bicyclic) bond motifs is 4. The van der Waals surface area contributed by atoms with Crippen LogP contribution in [0.25, 0.3) is 72.6 Å². The van der Waals surface area contributed by atoms with Crippen LogP contribution in [0.4, 0.5) is 0 Å². The maximum absolute atomic E-state index is 8.56. The zero-order chi connectivity index (χ0) is 44.8. The molecule has 317 valence electrons. The van der Waals surface area contributed by atoms with E-state index in [1.807, 2.05) is 75.5 Å². The monoisotopic (exact) mass is 1060 g/mol. The van der Waals surface area contributed by atoms with Crippen LogP contribution in [0.5, 0.6) is 0 Å². The van der Waals surface area contributed by atoms with Crippen molar-refractivity contribution in [2.75, 3.05) is 0 Å². The first-order valence-corrected chi connectivity index (χ1v) is 28.8. The molecule has 9 rings (SSSR count). The number of para-hydroxylation sites is 2. The first kappa shape index (κ1) is 42.2. The molecule has 0 fully saturated rings. The van der Waals surface area contributed by atoms with Gasteiger partial charge in [0.15, 0.2) is 0 Å². The number of imidazole rings is 1. The molecule has 4 aromatic heterocycles. The van der Waals surface area contributed by atoms with E-state index in [1.54, 1.807) is 0 Å². The Morgan fingerprint density at radius 3 is 2.08 bits per heavy atom. The number of furan rings is 1. The van der Waals surface area contributed by atoms with Crippen molar-refractivity contribution >= 4 is 50.8 Å². The molecule has 0 spiro atoms. The van der Waals surface area contributed by atoms with Gasteiger partial charge in [0.05, 0.1) is 22.4 Å². The fourth-order valence-electron chi connectivity index (χ4n) is 8.10. The summed E-state index contributed by atoms with van der Waals surface area (Å²) >= 11 is -2.20. The number of aryl methyl sites for hydroxylation is 1. The molecule has 1 radical (unpaired) electrons. The van der Waals surface area contributed by atoms with Gasteiger partial charge < -0.3 is 8.98 Å². The average molecular weight is 1060 g/mol. The van der Waals surface area contributed by atoms with E-state index in [1.165, 1.54) is 27.9 Å². The van der Waals surface area contributed by atoms with Crippen LogP contribution >= 0.6 is 0 Å². The Labute approximate surface area is 386 Å². The van der Waals surface area contributed by atoms with Crippen LogP contribution < -0.4 is 4.40 Å². The van der Waals surface area contributed by atoms with E-state index in [4.69, 9.17) is 12.1 Å². The van der Waals surface area contributed by atoms with E-state index in [0.29, 0.717) is 17.5 Å². The first-order chi connectivity index (χ1) is 30.0. The van der Waals surface area contributed by atoms with Crippen LogP contribution in [-0.2, 0) is 26.5 Å². The first-order valence-electron chi connectivity index (χ1n) is 22.4. The molecular weight excluding hydrogens is 997 g/mol. The van der Waals surface area contributed by atoms with Gasteiger partial charge in [-0.25, -0.2) is 4.98 Å². The number of hydrogen-bond donors (Lipinski definition) is 0. The van der Waals surface area contributed by atoms with Gasteiger partial charge in [-0.1, -0.05) is 81.1 Å². The molecule has 62 heavy (non-hydrogen) atoms. The smallest absolute Gasteiger partial charge is 0 e. The molecule has 4 heterocycles. The molecule has 9 aromatic rings. The van der Waals surface area contributed by atoms with Crippen LogP contribution in [-0.4, -0.2) is 32.8 Å². The van der Waals surface area contributed by atoms with Gasteiger partial charge in [-0.05, 0) is 77.4 Å². The van der Waals surface area contributed by atoms with Crippen molar-refractivity contribution in [3.63, 3.8) is 0 Å². The normalized spacial score (nSPS) is 12.5. The Bertz CT molecular complexity index is 3050. The standard InChI is InChI=1S/C37H32N3O.C18H24GeN.Ir/c1-22(2)30-20-26(25-12-7-6-8-13-25)21-31(23(3)4)34(30)40-33-17-10-9-16-32(33)39-36(40)29-15-11-14-27-28-19-18-24(5)38-37(28)41-35(27)29;1-14(2)11-16-12-18(15-9-7-6-8-10-15)20-13-17(16)19(3,4)5;/h6-14,16-23H,1-5H3;6-9,12-14H,11H2,1-5H3;/q2*-1;/i;11D2;. The second-order valence-corrected chi connectivity index (χ2v) is 28.5. The second kappa shape index (κ2) is 18.7. The maximum Gasteiger partial charge on any atom is 0 e. The number of nitrogens with zero attached hydrogens (tertiary/aromatic N) is 4. The summed E-state index contributed by atoms with van der Waals surface area (Å²) in [5, 5.41) is 2.02. The van der Waals surface area contributed by atoms with Crippen LogP contribution in [0.15, 0.2) is 132 Å². The SMILES string of the molecule is Cc1ccc2c(n1)oc1c(-c3nc4ccccc4n3-c3c(C(C)C)cc(-c4ccccc4)cc3C(C)C)[c-]ccc12.[2H]C([2H])(c1cc(-c2[c-]cccc2)nc[c]1[Ge]([CH3])([CH3])[CH3])C(C)C.[Ir]. The molecule has 0 aliphatic heterocycles.